The summed E-state index contributed by atoms with van der Waals surface area (Å²) >= 11 is 3.37. The second kappa shape index (κ2) is 8.26. The minimum absolute atomic E-state index is 0.0151. The van der Waals surface area contributed by atoms with Crippen molar-refractivity contribution >= 4 is 31.8 Å². The molecule has 0 aromatic heterocycles. The monoisotopic (exact) mass is 489 g/mol. The van der Waals surface area contributed by atoms with Crippen LogP contribution in [0.1, 0.15) is 33.1 Å². The van der Waals surface area contributed by atoms with Crippen LogP contribution in [0.4, 0.5) is 0 Å². The van der Waals surface area contributed by atoms with Crippen molar-refractivity contribution in [2.75, 3.05) is 19.0 Å². The largest absolute Gasteiger partial charge is 0.486 e. The predicted molar refractivity (Wildman–Crippen MR) is 112 cm³/mol. The third-order valence-electron chi connectivity index (χ3n) is 6.74. The van der Waals surface area contributed by atoms with E-state index in [4.69, 9.17) is 19.8 Å². The van der Waals surface area contributed by atoms with Gasteiger partial charge in [0.15, 0.2) is 0 Å². The van der Waals surface area contributed by atoms with Gasteiger partial charge in [-0.1, -0.05) is 29.8 Å². The molecular weight excluding hydrogens is 462 g/mol. The van der Waals surface area contributed by atoms with Gasteiger partial charge in [0.1, 0.15) is 17.6 Å². The van der Waals surface area contributed by atoms with Crippen LogP contribution in [0.25, 0.3) is 0 Å². The summed E-state index contributed by atoms with van der Waals surface area (Å²) < 4.78 is 42.9. The zero-order valence-corrected chi connectivity index (χ0v) is 19.0. The molecule has 0 spiro atoms. The number of benzene rings is 1. The molecule has 1 heterocycles. The van der Waals surface area contributed by atoms with Crippen LogP contribution in [0.2, 0.25) is 0 Å². The lowest BCUT2D eigenvalue weighted by Crippen LogP contribution is -2.42. The lowest BCUT2D eigenvalue weighted by molar-refractivity contribution is -0.128. The van der Waals surface area contributed by atoms with Gasteiger partial charge in [-0.25, -0.2) is 0 Å². The molecule has 1 saturated heterocycles. The zero-order valence-electron chi connectivity index (χ0n) is 16.6. The molecule has 4 rings (SSSR count). The Morgan fingerprint density at radius 3 is 2.38 bits per heavy atom. The van der Waals surface area contributed by atoms with Crippen molar-refractivity contribution < 1.29 is 27.2 Å². The van der Waals surface area contributed by atoms with E-state index < -0.39 is 21.3 Å². The summed E-state index contributed by atoms with van der Waals surface area (Å²) in [5, 5.41) is 0. The normalized spacial score (nSPS) is 32.7. The van der Waals surface area contributed by atoms with E-state index in [9.17, 15) is 13.2 Å². The van der Waals surface area contributed by atoms with Gasteiger partial charge in [-0.05, 0) is 48.4 Å². The first-order valence-corrected chi connectivity index (χ1v) is 12.1. The number of nitrogens with two attached hydrogens (primary N) is 1. The lowest BCUT2D eigenvalue weighted by atomic mass is 9.70. The molecule has 1 aliphatic heterocycles. The van der Waals surface area contributed by atoms with Crippen LogP contribution < -0.4 is 10.5 Å². The molecule has 1 aromatic rings. The van der Waals surface area contributed by atoms with E-state index in [-0.39, 0.29) is 29.3 Å². The Labute approximate surface area is 180 Å². The quantitative estimate of drug-likeness (QED) is 0.624. The Morgan fingerprint density at radius 2 is 1.93 bits per heavy atom. The summed E-state index contributed by atoms with van der Waals surface area (Å²) in [6.45, 7) is 5.06. The van der Waals surface area contributed by atoms with Crippen LogP contribution in [-0.4, -0.2) is 49.9 Å². The third kappa shape index (κ3) is 4.69. The molecule has 2 bridgehead atoms. The number of carbonyl (C=O) groups is 1. The van der Waals surface area contributed by atoms with Gasteiger partial charge in [0.05, 0.1) is 30.4 Å². The van der Waals surface area contributed by atoms with Gasteiger partial charge in [-0.3, -0.25) is 9.35 Å². The number of carbonyl (C=O) groups excluding carboxylic acids is 1. The van der Waals surface area contributed by atoms with Crippen LogP contribution in [0.15, 0.2) is 28.7 Å². The molecule has 2 saturated carbocycles. The van der Waals surface area contributed by atoms with Gasteiger partial charge in [0, 0.05) is 10.9 Å². The van der Waals surface area contributed by atoms with Gasteiger partial charge in [-0.15, -0.1) is 0 Å². The van der Waals surface area contributed by atoms with E-state index in [2.05, 4.69) is 15.9 Å². The molecule has 7 nitrogen and oxygen atoms in total. The Balaban J connectivity index is 0.000000166. The fourth-order valence-corrected chi connectivity index (χ4v) is 6.34. The van der Waals surface area contributed by atoms with Crippen molar-refractivity contribution in [3.63, 3.8) is 0 Å². The van der Waals surface area contributed by atoms with Gasteiger partial charge >= 0.3 is 0 Å². The van der Waals surface area contributed by atoms with Crippen molar-refractivity contribution in [1.82, 2.24) is 0 Å². The predicted octanol–water partition coefficient (Wildman–Crippen LogP) is 2.82. The Morgan fingerprint density at radius 1 is 1.28 bits per heavy atom. The molecule has 0 amide bonds. The molecule has 4 atom stereocenters. The fraction of sp³-hybridized carbons (Fsp3) is 0.650. The summed E-state index contributed by atoms with van der Waals surface area (Å²) in [7, 11) is -4.08. The number of ketones is 1. The van der Waals surface area contributed by atoms with Gasteiger partial charge < -0.3 is 15.2 Å². The number of hydrogen-bond acceptors (Lipinski definition) is 6. The van der Waals surface area contributed by atoms with Crippen LogP contribution >= 0.6 is 15.9 Å². The minimum Gasteiger partial charge on any atom is -0.486 e. The molecule has 3 N–H and O–H groups in total. The van der Waals surface area contributed by atoms with E-state index in [0.29, 0.717) is 26.1 Å². The van der Waals surface area contributed by atoms with Crippen molar-refractivity contribution in [2.45, 2.75) is 45.3 Å². The van der Waals surface area contributed by atoms with Gasteiger partial charge in [-0.2, -0.15) is 8.42 Å². The van der Waals surface area contributed by atoms with Crippen molar-refractivity contribution in [3.05, 3.63) is 28.7 Å². The maximum absolute atomic E-state index is 11.9. The topological polar surface area (TPSA) is 116 Å². The molecule has 0 radical (unpaired) electrons. The van der Waals surface area contributed by atoms with E-state index in [0.717, 1.165) is 16.6 Å². The Hall–Kier alpha value is -1.000. The standard InChI is InChI=1S/C10H12BrNO2.C10H16O4S/c11-7-1-3-8(4-2-7)14-10-6-13-5-9(10)12;1-9(2)7-3-4-10(9,8(11)5-7)6-15(12,13)14/h1-4,9-10H,5-6,12H2;7H,3-6H2,1-2H3,(H,12,13,14)/t9-,10?;7-,10?/m00/s1. The highest BCUT2D eigenvalue weighted by molar-refractivity contribution is 9.10. The maximum Gasteiger partial charge on any atom is 0.265 e. The molecule has 3 aliphatic rings. The summed E-state index contributed by atoms with van der Waals surface area (Å²) in [6.07, 6.45) is 1.95. The van der Waals surface area contributed by atoms with Crippen LogP contribution in [-0.2, 0) is 19.6 Å². The van der Waals surface area contributed by atoms with Crippen LogP contribution in [0.3, 0.4) is 0 Å². The van der Waals surface area contributed by atoms with Crippen molar-refractivity contribution in [3.8, 4) is 5.75 Å². The number of halogens is 1. The third-order valence-corrected chi connectivity index (χ3v) is 8.13. The zero-order chi connectivity index (χ0) is 21.4. The van der Waals surface area contributed by atoms with Crippen molar-refractivity contribution in [1.29, 1.82) is 0 Å². The molecule has 162 valence electrons. The van der Waals surface area contributed by atoms with E-state index in [1.807, 2.05) is 38.1 Å². The smallest absolute Gasteiger partial charge is 0.265 e. The first kappa shape index (κ1) is 22.7. The average Bonchev–Trinajstić information content (AvgIpc) is 3.17. The number of ether oxygens (including phenoxy) is 2. The number of rotatable bonds is 4. The highest BCUT2D eigenvalue weighted by Crippen LogP contribution is 2.64. The second-order valence-electron chi connectivity index (χ2n) is 8.70. The van der Waals surface area contributed by atoms with Gasteiger partial charge in [0.25, 0.3) is 10.1 Å². The summed E-state index contributed by atoms with van der Waals surface area (Å²) in [5.74, 6) is 0.731. The van der Waals surface area contributed by atoms with Gasteiger partial charge in [0.2, 0.25) is 0 Å². The molecule has 9 heteroatoms. The van der Waals surface area contributed by atoms with E-state index >= 15 is 0 Å². The van der Waals surface area contributed by atoms with Crippen LogP contribution in [0.5, 0.6) is 5.75 Å². The van der Waals surface area contributed by atoms with Crippen molar-refractivity contribution in [2.24, 2.45) is 22.5 Å². The number of hydrogen-bond donors (Lipinski definition) is 2. The molecular formula is C20H28BrNO6S. The first-order valence-electron chi connectivity index (χ1n) is 9.69. The van der Waals surface area contributed by atoms with E-state index in [1.165, 1.54) is 0 Å². The minimum atomic E-state index is -4.08. The molecule has 2 aliphatic carbocycles. The lowest BCUT2D eigenvalue weighted by Gasteiger charge is -2.35. The van der Waals surface area contributed by atoms with E-state index in [1.54, 1.807) is 0 Å². The number of Topliss-reactive ketones (excluding diaryl/α,β-unsaturated/α-hetero) is 1. The second-order valence-corrected chi connectivity index (χ2v) is 11.1. The SMILES string of the molecule is CC1(C)[C@H]2CCC1(CS(=O)(=O)O)C(=O)C2.N[C@H]1COCC1Oc1ccc(Br)cc1. The Bertz CT molecular complexity index is 856. The van der Waals surface area contributed by atoms with Crippen LogP contribution in [0, 0.1) is 16.7 Å². The summed E-state index contributed by atoms with van der Waals surface area (Å²) in [6, 6.07) is 7.69. The first-order chi connectivity index (χ1) is 13.4. The Kier molecular flexibility index (Phi) is 6.46. The highest BCUT2D eigenvalue weighted by atomic mass is 79.9. The molecule has 3 fully saturated rings. The average molecular weight is 490 g/mol. The molecule has 2 unspecified atom stereocenters. The molecule has 29 heavy (non-hydrogen) atoms. The highest BCUT2D eigenvalue weighted by Gasteiger charge is 2.65. The summed E-state index contributed by atoms with van der Waals surface area (Å²) in [5.41, 5.74) is 4.68. The number of fused-ring (bicyclic) bond motifs is 2. The maximum atomic E-state index is 11.9. The fourth-order valence-electron chi connectivity index (χ4n) is 4.78. The summed E-state index contributed by atoms with van der Waals surface area (Å²) in [4.78, 5) is 11.9. The molecule has 1 aromatic carbocycles.